The summed E-state index contributed by atoms with van der Waals surface area (Å²) >= 11 is 0. The van der Waals surface area contributed by atoms with Crippen molar-refractivity contribution in [3.63, 3.8) is 0 Å². The summed E-state index contributed by atoms with van der Waals surface area (Å²) in [5, 5.41) is 2.96. The van der Waals surface area contributed by atoms with Gasteiger partial charge in [0.2, 0.25) is 5.91 Å². The maximum atomic E-state index is 11.9. The summed E-state index contributed by atoms with van der Waals surface area (Å²) in [5.41, 5.74) is 4.41. The minimum Gasteiger partial charge on any atom is -0.328 e. The molecule has 4 heteroatoms. The molecule has 0 fully saturated rings. The molecule has 0 aliphatic rings. The number of hydrogen-bond acceptors (Lipinski definition) is 2. The second-order valence-corrected chi connectivity index (χ2v) is 7.51. The molecule has 2 aromatic carbocycles. The van der Waals surface area contributed by atoms with Gasteiger partial charge in [-0.1, -0.05) is 45.0 Å². The number of fused-ring (bicyclic) bond motifs is 1. The second kappa shape index (κ2) is 8.85. The summed E-state index contributed by atoms with van der Waals surface area (Å²) in [5.74, 6) is 1.59. The van der Waals surface area contributed by atoms with E-state index >= 15 is 0 Å². The summed E-state index contributed by atoms with van der Waals surface area (Å²) in [6.07, 6.45) is 3.49. The Labute approximate surface area is 161 Å². The first-order valence-corrected chi connectivity index (χ1v) is 9.89. The molecule has 1 amide bonds. The van der Waals surface area contributed by atoms with E-state index in [-0.39, 0.29) is 5.91 Å². The fourth-order valence-electron chi connectivity index (χ4n) is 3.38. The van der Waals surface area contributed by atoms with Crippen molar-refractivity contribution in [2.45, 2.75) is 53.0 Å². The van der Waals surface area contributed by atoms with E-state index in [1.54, 1.807) is 0 Å². The molecule has 1 heterocycles. The Bertz CT molecular complexity index is 894. The Morgan fingerprint density at radius 2 is 1.81 bits per heavy atom. The number of hydrogen-bond donors (Lipinski definition) is 1. The van der Waals surface area contributed by atoms with Gasteiger partial charge in [-0.3, -0.25) is 4.79 Å². The largest absolute Gasteiger partial charge is 0.328 e. The van der Waals surface area contributed by atoms with Crippen molar-refractivity contribution >= 4 is 22.6 Å². The maximum Gasteiger partial charge on any atom is 0.224 e. The van der Waals surface area contributed by atoms with Gasteiger partial charge in [-0.05, 0) is 48.6 Å². The normalized spacial score (nSPS) is 11.3. The van der Waals surface area contributed by atoms with Crippen LogP contribution in [-0.2, 0) is 24.2 Å². The molecule has 0 atom stereocenters. The highest BCUT2D eigenvalue weighted by atomic mass is 16.1. The predicted octanol–water partition coefficient (Wildman–Crippen LogP) is 5.22. The molecule has 1 N–H and O–H groups in total. The highest BCUT2D eigenvalue weighted by molar-refractivity contribution is 5.90. The van der Waals surface area contributed by atoms with Crippen molar-refractivity contribution in [3.05, 3.63) is 59.9 Å². The molecular weight excluding hydrogens is 334 g/mol. The SMILES string of the molecule is CCCn1c(CCc2ccc(NC(=O)CC(C)C)cc2)nc2ccccc21. The third-order valence-corrected chi connectivity index (χ3v) is 4.65. The van der Waals surface area contributed by atoms with E-state index in [1.165, 1.54) is 11.1 Å². The number of nitrogens with zero attached hydrogens (tertiary/aromatic N) is 2. The molecule has 0 aliphatic heterocycles. The highest BCUT2D eigenvalue weighted by Crippen LogP contribution is 2.19. The molecule has 0 saturated heterocycles. The van der Waals surface area contributed by atoms with Crippen LogP contribution in [0.5, 0.6) is 0 Å². The zero-order valence-electron chi connectivity index (χ0n) is 16.5. The number of nitrogens with one attached hydrogen (secondary N) is 1. The van der Waals surface area contributed by atoms with Crippen molar-refractivity contribution in [2.75, 3.05) is 5.32 Å². The maximum absolute atomic E-state index is 11.9. The minimum atomic E-state index is 0.0750. The monoisotopic (exact) mass is 363 g/mol. The second-order valence-electron chi connectivity index (χ2n) is 7.51. The molecule has 0 saturated carbocycles. The zero-order valence-corrected chi connectivity index (χ0v) is 16.5. The Morgan fingerprint density at radius 3 is 2.52 bits per heavy atom. The van der Waals surface area contributed by atoms with Gasteiger partial charge >= 0.3 is 0 Å². The third kappa shape index (κ3) is 4.97. The van der Waals surface area contributed by atoms with Crippen LogP contribution in [0.1, 0.15) is 45.0 Å². The summed E-state index contributed by atoms with van der Waals surface area (Å²) < 4.78 is 2.34. The van der Waals surface area contributed by atoms with E-state index in [9.17, 15) is 4.79 Å². The van der Waals surface area contributed by atoms with E-state index < -0.39 is 0 Å². The van der Waals surface area contributed by atoms with Crippen LogP contribution in [0.25, 0.3) is 11.0 Å². The standard InChI is InChI=1S/C23H29N3O/c1-4-15-26-21-8-6-5-7-20(21)25-22(26)14-11-18-9-12-19(13-10-18)24-23(27)16-17(2)3/h5-10,12-13,17H,4,11,14-16H2,1-3H3,(H,24,27). The van der Waals surface area contributed by atoms with Gasteiger partial charge in [0, 0.05) is 25.1 Å². The molecule has 4 nitrogen and oxygen atoms in total. The average molecular weight is 364 g/mol. The first-order valence-electron chi connectivity index (χ1n) is 9.89. The van der Waals surface area contributed by atoms with Crippen LogP contribution in [0.3, 0.4) is 0 Å². The molecule has 0 spiro atoms. The van der Waals surface area contributed by atoms with E-state index in [0.29, 0.717) is 12.3 Å². The van der Waals surface area contributed by atoms with Crippen LogP contribution in [0, 0.1) is 5.92 Å². The van der Waals surface area contributed by atoms with Crippen molar-refractivity contribution in [1.82, 2.24) is 9.55 Å². The van der Waals surface area contributed by atoms with Crippen LogP contribution in [0.2, 0.25) is 0 Å². The number of benzene rings is 2. The van der Waals surface area contributed by atoms with Gasteiger partial charge in [0.25, 0.3) is 0 Å². The first-order chi connectivity index (χ1) is 13.1. The number of anilines is 1. The molecule has 3 aromatic rings. The van der Waals surface area contributed by atoms with Gasteiger partial charge in [-0.25, -0.2) is 4.98 Å². The number of para-hydroxylation sites is 2. The Morgan fingerprint density at radius 1 is 1.07 bits per heavy atom. The van der Waals surface area contributed by atoms with E-state index in [0.717, 1.165) is 42.8 Å². The Hall–Kier alpha value is -2.62. The molecule has 1 aromatic heterocycles. The summed E-state index contributed by atoms with van der Waals surface area (Å²) in [6.45, 7) is 7.30. The van der Waals surface area contributed by atoms with Crippen molar-refractivity contribution in [2.24, 2.45) is 5.92 Å². The summed E-state index contributed by atoms with van der Waals surface area (Å²) in [6, 6.07) is 16.5. The van der Waals surface area contributed by atoms with Crippen LogP contribution >= 0.6 is 0 Å². The molecule has 27 heavy (non-hydrogen) atoms. The number of carbonyl (C=O) groups is 1. The number of carbonyl (C=O) groups excluding carboxylic acids is 1. The first kappa shape index (κ1) is 19.2. The molecule has 0 bridgehead atoms. The fraction of sp³-hybridized carbons (Fsp3) is 0.391. The van der Waals surface area contributed by atoms with Gasteiger partial charge in [0.15, 0.2) is 0 Å². The average Bonchev–Trinajstić information content (AvgIpc) is 2.99. The highest BCUT2D eigenvalue weighted by Gasteiger charge is 2.10. The topological polar surface area (TPSA) is 46.9 Å². The zero-order chi connectivity index (χ0) is 19.2. The lowest BCUT2D eigenvalue weighted by atomic mass is 10.1. The molecule has 142 valence electrons. The molecule has 0 radical (unpaired) electrons. The number of imidazole rings is 1. The number of aromatic nitrogens is 2. The lowest BCUT2D eigenvalue weighted by Gasteiger charge is -2.09. The van der Waals surface area contributed by atoms with Gasteiger partial charge in [-0.2, -0.15) is 0 Å². The molecule has 0 unspecified atom stereocenters. The lowest BCUT2D eigenvalue weighted by molar-refractivity contribution is -0.116. The van der Waals surface area contributed by atoms with Crippen molar-refractivity contribution in [3.8, 4) is 0 Å². The van der Waals surface area contributed by atoms with Gasteiger partial charge < -0.3 is 9.88 Å². The van der Waals surface area contributed by atoms with Gasteiger partial charge in [0.1, 0.15) is 5.82 Å². The van der Waals surface area contributed by atoms with Crippen LogP contribution in [0.4, 0.5) is 5.69 Å². The molecule has 0 aliphatic carbocycles. The minimum absolute atomic E-state index is 0.0750. The summed E-state index contributed by atoms with van der Waals surface area (Å²) in [4.78, 5) is 16.7. The fourth-order valence-corrected chi connectivity index (χ4v) is 3.38. The third-order valence-electron chi connectivity index (χ3n) is 4.65. The van der Waals surface area contributed by atoms with Crippen LogP contribution in [-0.4, -0.2) is 15.5 Å². The summed E-state index contributed by atoms with van der Waals surface area (Å²) in [7, 11) is 0. The van der Waals surface area contributed by atoms with Crippen LogP contribution < -0.4 is 5.32 Å². The predicted molar refractivity (Wildman–Crippen MR) is 112 cm³/mol. The number of amides is 1. The van der Waals surface area contributed by atoms with Crippen molar-refractivity contribution < 1.29 is 4.79 Å². The van der Waals surface area contributed by atoms with Gasteiger partial charge in [-0.15, -0.1) is 0 Å². The van der Waals surface area contributed by atoms with Crippen LogP contribution in [0.15, 0.2) is 48.5 Å². The number of rotatable bonds is 8. The quantitative estimate of drug-likeness (QED) is 0.597. The van der Waals surface area contributed by atoms with E-state index in [2.05, 4.69) is 61.0 Å². The molecule has 3 rings (SSSR count). The Kier molecular flexibility index (Phi) is 6.28. The van der Waals surface area contributed by atoms with Gasteiger partial charge in [0.05, 0.1) is 11.0 Å². The smallest absolute Gasteiger partial charge is 0.224 e. The van der Waals surface area contributed by atoms with Crippen molar-refractivity contribution in [1.29, 1.82) is 0 Å². The van der Waals surface area contributed by atoms with E-state index in [1.807, 2.05) is 18.2 Å². The lowest BCUT2D eigenvalue weighted by Crippen LogP contribution is -2.13. The molecular formula is C23H29N3O. The van der Waals surface area contributed by atoms with E-state index in [4.69, 9.17) is 4.98 Å². The number of aryl methyl sites for hydroxylation is 3. The Balaban J connectivity index is 1.66.